The maximum atomic E-state index is 13.8. The summed E-state index contributed by atoms with van der Waals surface area (Å²) in [6.45, 7) is 2.27. The number of fused-ring (bicyclic) bond motifs is 2. The van der Waals surface area contributed by atoms with E-state index >= 15 is 0 Å². The van der Waals surface area contributed by atoms with E-state index in [1.165, 1.54) is 12.1 Å². The summed E-state index contributed by atoms with van der Waals surface area (Å²) in [7, 11) is 0. The maximum Gasteiger partial charge on any atom is 0.291 e. The second-order valence-electron chi connectivity index (χ2n) is 7.69. The Morgan fingerprint density at radius 3 is 2.55 bits per heavy atom. The van der Waals surface area contributed by atoms with Gasteiger partial charge in [0.15, 0.2) is 5.43 Å². The Bertz CT molecular complexity index is 1390. The Kier molecular flexibility index (Phi) is 4.63. The minimum atomic E-state index is -0.688. The lowest BCUT2D eigenvalue weighted by Gasteiger charge is -2.25. The van der Waals surface area contributed by atoms with Gasteiger partial charge in [0.2, 0.25) is 5.76 Å². The van der Waals surface area contributed by atoms with Crippen LogP contribution < -0.4 is 5.43 Å². The Morgan fingerprint density at radius 1 is 1.03 bits per heavy atom. The zero-order valence-electron chi connectivity index (χ0n) is 16.6. The molecular weight excluding hydrogens is 417 g/mol. The minimum Gasteiger partial charge on any atom is -0.450 e. The van der Waals surface area contributed by atoms with E-state index in [0.717, 1.165) is 17.2 Å². The quantitative estimate of drug-likeness (QED) is 0.420. The summed E-state index contributed by atoms with van der Waals surface area (Å²) in [4.78, 5) is 28.4. The number of amides is 1. The van der Waals surface area contributed by atoms with Crippen LogP contribution in [0.15, 0.2) is 75.9 Å². The largest absolute Gasteiger partial charge is 0.450 e. The molecule has 1 unspecified atom stereocenters. The van der Waals surface area contributed by atoms with Crippen molar-refractivity contribution in [3.05, 3.63) is 116 Å². The first-order valence-corrected chi connectivity index (χ1v) is 10.2. The number of hydrogen-bond acceptors (Lipinski definition) is 3. The highest BCUT2D eigenvalue weighted by Gasteiger charge is 2.42. The Hall–Kier alpha value is -3.44. The second kappa shape index (κ2) is 7.36. The fourth-order valence-corrected chi connectivity index (χ4v) is 4.27. The molecule has 1 aliphatic rings. The molecule has 0 aliphatic carbocycles. The molecule has 0 saturated heterocycles. The SMILES string of the molecule is Cc1ccc(CN2C(=O)c3oc4ccc(F)cc4c(=O)c3C2c2cccc(Cl)c2)cc1. The van der Waals surface area contributed by atoms with E-state index in [0.29, 0.717) is 10.6 Å². The molecule has 0 bridgehead atoms. The number of rotatable bonds is 3. The molecule has 3 aromatic carbocycles. The van der Waals surface area contributed by atoms with E-state index in [1.807, 2.05) is 37.3 Å². The summed E-state index contributed by atoms with van der Waals surface area (Å²) in [5.41, 5.74) is 2.69. The monoisotopic (exact) mass is 433 g/mol. The van der Waals surface area contributed by atoms with Gasteiger partial charge in [-0.1, -0.05) is 53.6 Å². The lowest BCUT2D eigenvalue weighted by Crippen LogP contribution is -2.29. The van der Waals surface area contributed by atoms with Gasteiger partial charge in [-0.2, -0.15) is 0 Å². The molecule has 4 nitrogen and oxygen atoms in total. The molecule has 1 aliphatic heterocycles. The molecule has 0 radical (unpaired) electrons. The average molecular weight is 434 g/mol. The van der Waals surface area contributed by atoms with E-state index in [9.17, 15) is 14.0 Å². The van der Waals surface area contributed by atoms with Crippen LogP contribution >= 0.6 is 11.6 Å². The van der Waals surface area contributed by atoms with Gasteiger partial charge in [0.05, 0.1) is 17.0 Å². The maximum absolute atomic E-state index is 13.8. The normalized spacial score (nSPS) is 15.5. The summed E-state index contributed by atoms with van der Waals surface area (Å²) in [5.74, 6) is -0.940. The summed E-state index contributed by atoms with van der Waals surface area (Å²) >= 11 is 6.21. The summed E-state index contributed by atoms with van der Waals surface area (Å²) in [5, 5.41) is 0.598. The van der Waals surface area contributed by atoms with Crippen LogP contribution in [-0.4, -0.2) is 10.8 Å². The topological polar surface area (TPSA) is 50.5 Å². The first-order chi connectivity index (χ1) is 14.9. The molecule has 0 fully saturated rings. The first-order valence-electron chi connectivity index (χ1n) is 9.80. The van der Waals surface area contributed by atoms with Gasteiger partial charge in [0.25, 0.3) is 5.91 Å². The van der Waals surface area contributed by atoms with Crippen LogP contribution in [0.1, 0.15) is 38.9 Å². The standard InChI is InChI=1S/C25H17ClFNO3/c1-14-5-7-15(8-6-14)13-28-22(16-3-2-4-17(26)11-16)21-23(29)19-12-18(27)9-10-20(19)31-24(21)25(28)30/h2-12,22H,13H2,1H3. The van der Waals surface area contributed by atoms with Crippen molar-refractivity contribution in [2.75, 3.05) is 0 Å². The molecular formula is C25H17ClFNO3. The Balaban J connectivity index is 1.73. The zero-order chi connectivity index (χ0) is 21.7. The van der Waals surface area contributed by atoms with Gasteiger partial charge < -0.3 is 9.32 Å². The number of carbonyl (C=O) groups excluding carboxylic acids is 1. The van der Waals surface area contributed by atoms with Crippen LogP contribution in [0, 0.1) is 12.7 Å². The summed E-state index contributed by atoms with van der Waals surface area (Å²) in [6, 6.07) is 17.9. The van der Waals surface area contributed by atoms with Crippen LogP contribution in [0.4, 0.5) is 4.39 Å². The Morgan fingerprint density at radius 2 is 1.81 bits per heavy atom. The van der Waals surface area contributed by atoms with E-state index in [1.54, 1.807) is 23.1 Å². The molecule has 0 saturated carbocycles. The smallest absolute Gasteiger partial charge is 0.291 e. The van der Waals surface area contributed by atoms with Crippen LogP contribution in [-0.2, 0) is 6.54 Å². The minimum absolute atomic E-state index is 0.0128. The van der Waals surface area contributed by atoms with Crippen molar-refractivity contribution in [3.63, 3.8) is 0 Å². The van der Waals surface area contributed by atoms with Gasteiger partial charge in [-0.05, 0) is 48.4 Å². The molecule has 4 aromatic rings. The lowest BCUT2D eigenvalue weighted by molar-refractivity contribution is 0.0714. The van der Waals surface area contributed by atoms with E-state index in [2.05, 4.69) is 0 Å². The van der Waals surface area contributed by atoms with Crippen molar-refractivity contribution in [3.8, 4) is 0 Å². The number of halogens is 2. The van der Waals surface area contributed by atoms with Crippen molar-refractivity contribution >= 4 is 28.5 Å². The summed E-state index contributed by atoms with van der Waals surface area (Å²) in [6.07, 6.45) is 0. The van der Waals surface area contributed by atoms with Gasteiger partial charge in [0, 0.05) is 11.6 Å². The summed E-state index contributed by atoms with van der Waals surface area (Å²) < 4.78 is 19.7. The Labute approximate surface area is 182 Å². The van der Waals surface area contributed by atoms with Gasteiger partial charge in [-0.25, -0.2) is 4.39 Å². The van der Waals surface area contributed by atoms with Crippen LogP contribution in [0.2, 0.25) is 5.02 Å². The molecule has 31 heavy (non-hydrogen) atoms. The molecule has 1 atom stereocenters. The molecule has 6 heteroatoms. The third-order valence-electron chi connectivity index (χ3n) is 5.57. The predicted molar refractivity (Wildman–Crippen MR) is 117 cm³/mol. The fraction of sp³-hybridized carbons (Fsp3) is 0.120. The van der Waals surface area contributed by atoms with E-state index in [-0.39, 0.29) is 34.7 Å². The molecule has 154 valence electrons. The second-order valence-corrected chi connectivity index (χ2v) is 8.13. The van der Waals surface area contributed by atoms with E-state index < -0.39 is 17.3 Å². The molecule has 0 spiro atoms. The van der Waals surface area contributed by atoms with Gasteiger partial charge >= 0.3 is 0 Å². The van der Waals surface area contributed by atoms with Crippen molar-refractivity contribution in [1.82, 2.24) is 4.90 Å². The van der Waals surface area contributed by atoms with Crippen molar-refractivity contribution in [2.45, 2.75) is 19.5 Å². The third kappa shape index (κ3) is 3.31. The highest BCUT2D eigenvalue weighted by Crippen LogP contribution is 2.39. The van der Waals surface area contributed by atoms with Crippen molar-refractivity contribution in [1.29, 1.82) is 0 Å². The lowest BCUT2D eigenvalue weighted by atomic mass is 9.98. The molecule has 0 N–H and O–H groups in total. The third-order valence-corrected chi connectivity index (χ3v) is 5.80. The van der Waals surface area contributed by atoms with Crippen LogP contribution in [0.5, 0.6) is 0 Å². The molecule has 1 amide bonds. The van der Waals surface area contributed by atoms with Gasteiger partial charge in [-0.15, -0.1) is 0 Å². The van der Waals surface area contributed by atoms with E-state index in [4.69, 9.17) is 16.0 Å². The van der Waals surface area contributed by atoms with Crippen molar-refractivity contribution < 1.29 is 13.6 Å². The highest BCUT2D eigenvalue weighted by molar-refractivity contribution is 6.30. The first kappa shape index (κ1) is 19.5. The predicted octanol–water partition coefficient (Wildman–Crippen LogP) is 5.64. The van der Waals surface area contributed by atoms with Crippen molar-refractivity contribution in [2.24, 2.45) is 0 Å². The number of nitrogens with zero attached hydrogens (tertiary/aromatic N) is 1. The zero-order valence-corrected chi connectivity index (χ0v) is 17.3. The van der Waals surface area contributed by atoms with Gasteiger partial charge in [0.1, 0.15) is 11.4 Å². The average Bonchev–Trinajstić information content (AvgIpc) is 3.02. The number of carbonyl (C=O) groups is 1. The molecule has 1 aromatic heterocycles. The van der Waals surface area contributed by atoms with Gasteiger partial charge in [-0.3, -0.25) is 9.59 Å². The number of benzene rings is 3. The molecule has 2 heterocycles. The van der Waals surface area contributed by atoms with Crippen LogP contribution in [0.3, 0.4) is 0 Å². The molecule has 5 rings (SSSR count). The fourth-order valence-electron chi connectivity index (χ4n) is 4.07. The number of aryl methyl sites for hydroxylation is 1. The number of hydrogen-bond donors (Lipinski definition) is 0. The van der Waals surface area contributed by atoms with Crippen LogP contribution in [0.25, 0.3) is 11.0 Å². The highest BCUT2D eigenvalue weighted by atomic mass is 35.5.